The molecule has 0 bridgehead atoms. The van der Waals surface area contributed by atoms with E-state index in [1.54, 1.807) is 42.5 Å². The number of aliphatic hydroxyl groups is 1. The summed E-state index contributed by atoms with van der Waals surface area (Å²) in [5.41, 5.74) is 1.03. The Bertz CT molecular complexity index is 748. The molecular weight excluding hydrogens is 367 g/mol. The van der Waals surface area contributed by atoms with Crippen LogP contribution in [0.5, 0.6) is 0 Å². The zero-order valence-corrected chi connectivity index (χ0v) is 14.6. The molecule has 2 aromatic rings. The number of para-hydroxylation sites is 2. The zero-order chi connectivity index (χ0) is 18.2. The second-order valence-electron chi connectivity index (χ2n) is 4.92. The molecule has 2 aromatic carbocycles. The molecule has 0 aromatic heterocycles. The van der Waals surface area contributed by atoms with Gasteiger partial charge in [-0.3, -0.25) is 4.79 Å². The fourth-order valence-electron chi connectivity index (χ4n) is 2.01. The lowest BCUT2D eigenvalue weighted by Crippen LogP contribution is -2.22. The third-order valence-electron chi connectivity index (χ3n) is 3.14. The summed E-state index contributed by atoms with van der Waals surface area (Å²) in [6.45, 7) is -0.283. The van der Waals surface area contributed by atoms with E-state index in [4.69, 9.17) is 33.0 Å². The monoisotopic (exact) mass is 382 g/mol. The molecule has 0 radical (unpaired) electrons. The smallest absolute Gasteiger partial charge is 0.340 e. The van der Waals surface area contributed by atoms with Gasteiger partial charge in [0.05, 0.1) is 27.9 Å². The lowest BCUT2D eigenvalue weighted by Gasteiger charge is -2.12. The normalized spacial score (nSPS) is 10.2. The van der Waals surface area contributed by atoms with Gasteiger partial charge in [-0.2, -0.15) is 0 Å². The number of aliphatic hydroxyl groups excluding tert-OH is 1. The number of hydrogen-bond donors (Lipinski definition) is 3. The molecule has 0 saturated heterocycles. The van der Waals surface area contributed by atoms with Crippen molar-refractivity contribution < 1.29 is 19.4 Å². The van der Waals surface area contributed by atoms with Crippen molar-refractivity contribution in [1.29, 1.82) is 0 Å². The molecular formula is C17H16Cl2N2O4. The Labute approximate surface area is 154 Å². The van der Waals surface area contributed by atoms with Crippen LogP contribution in [0.1, 0.15) is 10.4 Å². The third-order valence-corrected chi connectivity index (χ3v) is 3.77. The van der Waals surface area contributed by atoms with Crippen molar-refractivity contribution in [2.45, 2.75) is 0 Å². The molecule has 1 amide bonds. The van der Waals surface area contributed by atoms with E-state index in [0.717, 1.165) is 0 Å². The average Bonchev–Trinajstić information content (AvgIpc) is 2.61. The maximum Gasteiger partial charge on any atom is 0.340 e. The van der Waals surface area contributed by atoms with Gasteiger partial charge in [0.25, 0.3) is 5.91 Å². The van der Waals surface area contributed by atoms with Crippen molar-refractivity contribution >= 4 is 46.5 Å². The van der Waals surface area contributed by atoms with Crippen LogP contribution in [0, 0.1) is 0 Å². The minimum Gasteiger partial charge on any atom is -0.452 e. The Hall–Kier alpha value is -2.28. The molecule has 25 heavy (non-hydrogen) atoms. The second-order valence-corrected chi connectivity index (χ2v) is 5.73. The Balaban J connectivity index is 1.97. The first-order valence-corrected chi connectivity index (χ1v) is 8.13. The molecule has 0 aliphatic heterocycles. The van der Waals surface area contributed by atoms with Gasteiger partial charge >= 0.3 is 5.97 Å². The molecule has 0 fully saturated rings. The number of amides is 1. The number of ether oxygens (including phenoxy) is 1. The highest BCUT2D eigenvalue weighted by Gasteiger charge is 2.15. The van der Waals surface area contributed by atoms with Crippen molar-refractivity contribution in [3.8, 4) is 0 Å². The topological polar surface area (TPSA) is 87.7 Å². The fraction of sp³-hybridized carbons (Fsp3) is 0.176. The summed E-state index contributed by atoms with van der Waals surface area (Å²) < 4.78 is 5.02. The lowest BCUT2D eigenvalue weighted by atomic mass is 10.2. The number of rotatable bonds is 7. The number of carbonyl (C=O) groups is 2. The van der Waals surface area contributed by atoms with Crippen LogP contribution in [0.15, 0.2) is 42.5 Å². The fourth-order valence-corrected chi connectivity index (χ4v) is 2.50. The summed E-state index contributed by atoms with van der Waals surface area (Å²) in [5.74, 6) is -1.23. The average molecular weight is 383 g/mol. The van der Waals surface area contributed by atoms with Crippen LogP contribution in [0.3, 0.4) is 0 Å². The summed E-state index contributed by atoms with van der Waals surface area (Å²) in [7, 11) is 0. The van der Waals surface area contributed by atoms with Gasteiger partial charge in [0.15, 0.2) is 6.61 Å². The third kappa shape index (κ3) is 5.35. The molecule has 0 unspecified atom stereocenters. The van der Waals surface area contributed by atoms with Crippen molar-refractivity contribution in [1.82, 2.24) is 0 Å². The van der Waals surface area contributed by atoms with E-state index in [-0.39, 0.29) is 34.4 Å². The first-order valence-electron chi connectivity index (χ1n) is 7.37. The molecule has 0 aliphatic rings. The Morgan fingerprint density at radius 3 is 2.40 bits per heavy atom. The number of esters is 1. The highest BCUT2D eigenvalue weighted by molar-refractivity contribution is 6.39. The van der Waals surface area contributed by atoms with E-state index in [9.17, 15) is 9.59 Å². The van der Waals surface area contributed by atoms with Crippen LogP contribution in [-0.2, 0) is 9.53 Å². The Morgan fingerprint density at radius 1 is 1.04 bits per heavy atom. The first-order chi connectivity index (χ1) is 12.0. The van der Waals surface area contributed by atoms with Crippen LogP contribution >= 0.6 is 23.2 Å². The van der Waals surface area contributed by atoms with Gasteiger partial charge < -0.3 is 20.5 Å². The van der Waals surface area contributed by atoms with Gasteiger partial charge in [0.1, 0.15) is 0 Å². The summed E-state index contributed by atoms with van der Waals surface area (Å²) in [4.78, 5) is 24.1. The number of carbonyl (C=O) groups excluding carboxylic acids is 2. The van der Waals surface area contributed by atoms with Gasteiger partial charge in [0.2, 0.25) is 0 Å². The molecule has 0 spiro atoms. The highest BCUT2D eigenvalue weighted by Crippen LogP contribution is 2.29. The summed E-state index contributed by atoms with van der Waals surface area (Å²) in [6, 6.07) is 11.5. The van der Waals surface area contributed by atoms with E-state index in [1.165, 1.54) is 0 Å². The van der Waals surface area contributed by atoms with E-state index >= 15 is 0 Å². The number of benzene rings is 2. The van der Waals surface area contributed by atoms with Gasteiger partial charge in [-0.1, -0.05) is 41.4 Å². The van der Waals surface area contributed by atoms with Gasteiger partial charge in [0, 0.05) is 12.2 Å². The summed E-state index contributed by atoms with van der Waals surface area (Å²) in [6.07, 6.45) is 0. The number of halogens is 2. The van der Waals surface area contributed by atoms with E-state index in [0.29, 0.717) is 5.69 Å². The molecule has 0 atom stereocenters. The summed E-state index contributed by atoms with van der Waals surface area (Å²) >= 11 is 11.9. The molecule has 6 nitrogen and oxygen atoms in total. The lowest BCUT2D eigenvalue weighted by molar-refractivity contribution is -0.119. The minimum atomic E-state index is -0.665. The van der Waals surface area contributed by atoms with Crippen molar-refractivity contribution in [3.05, 3.63) is 58.1 Å². The van der Waals surface area contributed by atoms with Gasteiger partial charge in [-0.25, -0.2) is 4.79 Å². The predicted octanol–water partition coefficient (Wildman–Crippen LogP) is 3.19. The van der Waals surface area contributed by atoms with Crippen molar-refractivity contribution in [2.24, 2.45) is 0 Å². The predicted molar refractivity (Wildman–Crippen MR) is 97.4 cm³/mol. The molecule has 0 saturated carbocycles. The zero-order valence-electron chi connectivity index (χ0n) is 13.1. The Morgan fingerprint density at radius 2 is 1.72 bits per heavy atom. The quantitative estimate of drug-likeness (QED) is 0.640. The minimum absolute atomic E-state index is 0.0790. The van der Waals surface area contributed by atoms with E-state index < -0.39 is 18.5 Å². The summed E-state index contributed by atoms with van der Waals surface area (Å²) in [5, 5.41) is 14.8. The molecule has 0 heterocycles. The van der Waals surface area contributed by atoms with E-state index in [1.807, 2.05) is 0 Å². The van der Waals surface area contributed by atoms with E-state index in [2.05, 4.69) is 10.6 Å². The first kappa shape index (κ1) is 19.1. The molecule has 8 heteroatoms. The van der Waals surface area contributed by atoms with Crippen LogP contribution in [0.2, 0.25) is 10.0 Å². The standard InChI is InChI=1S/C17H16Cl2N2O4/c18-12-5-3-6-13(19)16(12)21-15(23)10-25-17(24)11-4-1-2-7-14(11)20-8-9-22/h1-7,20,22H,8-10H2,(H,21,23). The van der Waals surface area contributed by atoms with Gasteiger partial charge in [-0.05, 0) is 24.3 Å². The molecule has 132 valence electrons. The number of hydrogen-bond acceptors (Lipinski definition) is 5. The molecule has 0 aliphatic carbocycles. The maximum absolute atomic E-state index is 12.2. The SMILES string of the molecule is O=C(COC(=O)c1ccccc1NCCO)Nc1c(Cl)cccc1Cl. The second kappa shape index (κ2) is 9.27. The number of nitrogens with one attached hydrogen (secondary N) is 2. The number of anilines is 2. The van der Waals surface area contributed by atoms with Crippen LogP contribution in [0.25, 0.3) is 0 Å². The van der Waals surface area contributed by atoms with Crippen molar-refractivity contribution in [3.63, 3.8) is 0 Å². The highest BCUT2D eigenvalue weighted by atomic mass is 35.5. The largest absolute Gasteiger partial charge is 0.452 e. The Kier molecular flexibility index (Phi) is 7.06. The van der Waals surface area contributed by atoms with Crippen LogP contribution < -0.4 is 10.6 Å². The maximum atomic E-state index is 12.2. The van der Waals surface area contributed by atoms with Crippen LogP contribution in [-0.4, -0.2) is 36.7 Å². The van der Waals surface area contributed by atoms with Gasteiger partial charge in [-0.15, -0.1) is 0 Å². The molecule has 3 N–H and O–H groups in total. The molecule has 2 rings (SSSR count). The van der Waals surface area contributed by atoms with Crippen molar-refractivity contribution in [2.75, 3.05) is 30.4 Å². The van der Waals surface area contributed by atoms with Crippen LogP contribution in [0.4, 0.5) is 11.4 Å².